The maximum Gasteiger partial charge on any atom is 0.271 e. The summed E-state index contributed by atoms with van der Waals surface area (Å²) in [5.74, 6) is -0.372. The number of hydrogen-bond donors (Lipinski definition) is 2. The van der Waals surface area contributed by atoms with Crippen molar-refractivity contribution in [2.45, 2.75) is 31.2 Å². The predicted molar refractivity (Wildman–Crippen MR) is 75.8 cm³/mol. The molecule has 20 heavy (non-hydrogen) atoms. The average Bonchev–Trinajstić information content (AvgIpc) is 2.87. The lowest BCUT2D eigenvalue weighted by atomic mass is 9.97. The number of amides is 1. The highest BCUT2D eigenvalue weighted by Gasteiger charge is 2.34. The van der Waals surface area contributed by atoms with Crippen molar-refractivity contribution in [2.24, 2.45) is 5.73 Å². The number of rotatable bonds is 4. The molecule has 1 aliphatic rings. The van der Waals surface area contributed by atoms with Crippen LogP contribution in [0.2, 0.25) is 5.02 Å². The number of carbonyl (C=O) groups excluding carboxylic acids is 1. The second-order valence-corrected chi connectivity index (χ2v) is 5.54. The number of non-ortho nitro benzene ring substituents is 1. The number of nitro benzene ring substituents is 1. The zero-order chi connectivity index (χ0) is 14.8. The number of nitrogens with one attached hydrogen (secondary N) is 1. The average molecular weight is 298 g/mol. The molecular weight excluding hydrogens is 282 g/mol. The highest BCUT2D eigenvalue weighted by molar-refractivity contribution is 6.31. The molecule has 2 rings (SSSR count). The van der Waals surface area contributed by atoms with Gasteiger partial charge >= 0.3 is 0 Å². The van der Waals surface area contributed by atoms with Gasteiger partial charge in [0.05, 0.1) is 10.5 Å². The van der Waals surface area contributed by atoms with Crippen molar-refractivity contribution in [1.82, 2.24) is 5.32 Å². The second-order valence-electron chi connectivity index (χ2n) is 5.10. The van der Waals surface area contributed by atoms with Crippen LogP contribution in [0.15, 0.2) is 18.2 Å². The lowest BCUT2D eigenvalue weighted by Gasteiger charge is -2.28. The molecular formula is C13H16ClN3O3. The van der Waals surface area contributed by atoms with Gasteiger partial charge in [0, 0.05) is 29.3 Å². The molecule has 0 radical (unpaired) electrons. The summed E-state index contributed by atoms with van der Waals surface area (Å²) >= 11 is 5.81. The van der Waals surface area contributed by atoms with Gasteiger partial charge in [0.15, 0.2) is 0 Å². The van der Waals surface area contributed by atoms with Crippen molar-refractivity contribution in [2.75, 3.05) is 6.54 Å². The van der Waals surface area contributed by atoms with Gasteiger partial charge in [-0.3, -0.25) is 14.9 Å². The molecule has 3 N–H and O–H groups in total. The molecule has 0 aliphatic heterocycles. The van der Waals surface area contributed by atoms with E-state index in [4.69, 9.17) is 17.3 Å². The number of nitro groups is 1. The first-order chi connectivity index (χ1) is 9.46. The third-order valence-corrected chi connectivity index (χ3v) is 3.90. The van der Waals surface area contributed by atoms with E-state index in [1.807, 2.05) is 0 Å². The maximum absolute atomic E-state index is 12.2. The molecule has 0 aromatic heterocycles. The fraction of sp³-hybridized carbons (Fsp3) is 0.462. The summed E-state index contributed by atoms with van der Waals surface area (Å²) in [5.41, 5.74) is 5.35. The molecule has 1 amide bonds. The van der Waals surface area contributed by atoms with Crippen molar-refractivity contribution in [1.29, 1.82) is 0 Å². The molecule has 1 aromatic carbocycles. The fourth-order valence-corrected chi connectivity index (χ4v) is 2.78. The molecule has 0 spiro atoms. The predicted octanol–water partition coefficient (Wildman–Crippen LogP) is 2.25. The second kappa shape index (κ2) is 5.76. The molecule has 7 heteroatoms. The van der Waals surface area contributed by atoms with Gasteiger partial charge in [-0.1, -0.05) is 24.4 Å². The zero-order valence-corrected chi connectivity index (χ0v) is 11.7. The Morgan fingerprint density at radius 1 is 1.40 bits per heavy atom. The van der Waals surface area contributed by atoms with Crippen molar-refractivity contribution < 1.29 is 9.72 Å². The standard InChI is InChI=1S/C13H16ClN3O3/c14-10-5-9(6-11(7-10)17(19)20)12(18)16-13(8-15)3-1-2-4-13/h5-7H,1-4,8,15H2,(H,16,18). The summed E-state index contributed by atoms with van der Waals surface area (Å²) < 4.78 is 0. The van der Waals surface area contributed by atoms with E-state index in [9.17, 15) is 14.9 Å². The maximum atomic E-state index is 12.2. The van der Waals surface area contributed by atoms with Crippen molar-refractivity contribution in [3.05, 3.63) is 38.9 Å². The largest absolute Gasteiger partial charge is 0.345 e. The van der Waals surface area contributed by atoms with Crippen molar-refractivity contribution >= 4 is 23.2 Å². The molecule has 1 aliphatic carbocycles. The van der Waals surface area contributed by atoms with E-state index in [0.29, 0.717) is 6.54 Å². The monoisotopic (exact) mass is 297 g/mol. The Morgan fingerprint density at radius 2 is 2.05 bits per heavy atom. The van der Waals surface area contributed by atoms with E-state index in [0.717, 1.165) is 25.7 Å². The number of nitrogens with zero attached hydrogens (tertiary/aromatic N) is 1. The summed E-state index contributed by atoms with van der Waals surface area (Å²) in [5, 5.41) is 13.9. The van der Waals surface area contributed by atoms with Crippen molar-refractivity contribution in [3.63, 3.8) is 0 Å². The molecule has 0 saturated heterocycles. The Bertz CT molecular complexity index is 542. The van der Waals surface area contributed by atoms with E-state index in [2.05, 4.69) is 5.32 Å². The third kappa shape index (κ3) is 3.08. The van der Waals surface area contributed by atoms with Crippen LogP contribution in [0.5, 0.6) is 0 Å². The summed E-state index contributed by atoms with van der Waals surface area (Å²) in [4.78, 5) is 22.5. The van der Waals surface area contributed by atoms with Gasteiger partial charge in [-0.15, -0.1) is 0 Å². The lowest BCUT2D eigenvalue weighted by Crippen LogP contribution is -2.51. The van der Waals surface area contributed by atoms with Crippen LogP contribution in [-0.2, 0) is 0 Å². The Labute approximate surface area is 121 Å². The molecule has 0 unspecified atom stereocenters. The van der Waals surface area contributed by atoms with Gasteiger partial charge in [-0.2, -0.15) is 0 Å². The van der Waals surface area contributed by atoms with Gasteiger partial charge in [-0.05, 0) is 18.9 Å². The summed E-state index contributed by atoms with van der Waals surface area (Å²) in [6.07, 6.45) is 3.70. The van der Waals surface area contributed by atoms with Gasteiger partial charge in [0.2, 0.25) is 0 Å². The molecule has 1 aromatic rings. The number of hydrogen-bond acceptors (Lipinski definition) is 4. The zero-order valence-electron chi connectivity index (χ0n) is 10.9. The molecule has 1 saturated carbocycles. The van der Waals surface area contributed by atoms with E-state index in [1.54, 1.807) is 0 Å². The van der Waals surface area contributed by atoms with Crippen LogP contribution in [-0.4, -0.2) is 22.9 Å². The Morgan fingerprint density at radius 3 is 2.60 bits per heavy atom. The SMILES string of the molecule is NCC1(NC(=O)c2cc(Cl)cc([N+](=O)[O-])c2)CCCC1. The number of carbonyl (C=O) groups is 1. The van der Waals surface area contributed by atoms with Crippen LogP contribution >= 0.6 is 11.6 Å². The van der Waals surface area contributed by atoms with Crippen molar-refractivity contribution in [3.8, 4) is 0 Å². The highest BCUT2D eigenvalue weighted by atomic mass is 35.5. The summed E-state index contributed by atoms with van der Waals surface area (Å²) in [6.45, 7) is 0.362. The minimum Gasteiger partial charge on any atom is -0.345 e. The van der Waals surface area contributed by atoms with Crippen LogP contribution in [0.25, 0.3) is 0 Å². The lowest BCUT2D eigenvalue weighted by molar-refractivity contribution is -0.384. The molecule has 0 bridgehead atoms. The quantitative estimate of drug-likeness (QED) is 0.657. The first-order valence-corrected chi connectivity index (χ1v) is 6.81. The van der Waals surface area contributed by atoms with Crippen LogP contribution < -0.4 is 11.1 Å². The minimum absolute atomic E-state index is 0.164. The van der Waals surface area contributed by atoms with Crippen LogP contribution in [0.3, 0.4) is 0 Å². The topological polar surface area (TPSA) is 98.3 Å². The Balaban J connectivity index is 2.22. The van der Waals surface area contributed by atoms with Gasteiger partial charge in [0.1, 0.15) is 0 Å². The molecule has 108 valence electrons. The molecule has 6 nitrogen and oxygen atoms in total. The fourth-order valence-electron chi connectivity index (χ4n) is 2.56. The molecule has 0 atom stereocenters. The normalized spacial score (nSPS) is 16.9. The van der Waals surface area contributed by atoms with Crippen LogP contribution in [0.4, 0.5) is 5.69 Å². The number of benzene rings is 1. The minimum atomic E-state index is -0.572. The first kappa shape index (κ1) is 14.7. The highest BCUT2D eigenvalue weighted by Crippen LogP contribution is 2.29. The third-order valence-electron chi connectivity index (χ3n) is 3.69. The Kier molecular flexibility index (Phi) is 4.25. The Hall–Kier alpha value is -1.66. The van der Waals surface area contributed by atoms with Crippen LogP contribution in [0.1, 0.15) is 36.0 Å². The molecule has 1 fully saturated rings. The van der Waals surface area contributed by atoms with Gasteiger partial charge in [-0.25, -0.2) is 0 Å². The van der Waals surface area contributed by atoms with E-state index >= 15 is 0 Å². The molecule has 0 heterocycles. The summed E-state index contributed by atoms with van der Waals surface area (Å²) in [7, 11) is 0. The van der Waals surface area contributed by atoms with E-state index in [-0.39, 0.29) is 22.2 Å². The number of halogens is 1. The van der Waals surface area contributed by atoms with E-state index in [1.165, 1.54) is 18.2 Å². The smallest absolute Gasteiger partial charge is 0.271 e. The van der Waals surface area contributed by atoms with Crippen LogP contribution in [0, 0.1) is 10.1 Å². The van der Waals surface area contributed by atoms with E-state index < -0.39 is 10.5 Å². The number of nitrogens with two attached hydrogens (primary N) is 1. The summed E-state index contributed by atoms with van der Waals surface area (Å²) in [6, 6.07) is 3.86. The first-order valence-electron chi connectivity index (χ1n) is 6.43. The van der Waals surface area contributed by atoms with Gasteiger partial charge in [0.25, 0.3) is 11.6 Å². The van der Waals surface area contributed by atoms with Gasteiger partial charge < -0.3 is 11.1 Å².